The van der Waals surface area contributed by atoms with Crippen LogP contribution in [-0.2, 0) is 0 Å². The molecule has 0 N–H and O–H groups in total. The lowest BCUT2D eigenvalue weighted by molar-refractivity contribution is 0.572. The zero-order valence-electron chi connectivity index (χ0n) is 10.3. The van der Waals surface area contributed by atoms with Gasteiger partial charge in [-0.3, -0.25) is 0 Å². The second-order valence-corrected chi connectivity index (χ2v) is 4.55. The van der Waals surface area contributed by atoms with Gasteiger partial charge in [-0.05, 0) is 19.3 Å². The lowest BCUT2D eigenvalue weighted by Crippen LogP contribution is -2.31. The van der Waals surface area contributed by atoms with Gasteiger partial charge in [0.15, 0.2) is 5.82 Å². The van der Waals surface area contributed by atoms with Crippen LogP contribution in [0.1, 0.15) is 19.3 Å². The van der Waals surface area contributed by atoms with Gasteiger partial charge in [0.1, 0.15) is 12.0 Å². The minimum Gasteiger partial charge on any atom is -0.355 e. The van der Waals surface area contributed by atoms with Gasteiger partial charge in [0.25, 0.3) is 0 Å². The molecule has 0 spiro atoms. The summed E-state index contributed by atoms with van der Waals surface area (Å²) in [6.45, 7) is 2.14. The average Bonchev–Trinajstić information content (AvgIpc) is 2.49. The Kier molecular flexibility index (Phi) is 3.17. The fraction of sp³-hybridized carbons (Fsp3) is 0.357. The molecule has 1 aliphatic rings. The Hall–Kier alpha value is -1.97. The molecule has 0 amide bonds. The van der Waals surface area contributed by atoms with E-state index >= 15 is 0 Å². The van der Waals surface area contributed by atoms with Gasteiger partial charge in [0, 0.05) is 18.7 Å². The molecule has 4 nitrogen and oxygen atoms in total. The van der Waals surface area contributed by atoms with E-state index in [1.54, 1.807) is 0 Å². The molecule has 1 aromatic carbocycles. The molecule has 1 aromatic heterocycles. The summed E-state index contributed by atoms with van der Waals surface area (Å²) in [7, 11) is 0. The van der Waals surface area contributed by atoms with E-state index in [1.807, 2.05) is 18.2 Å². The van der Waals surface area contributed by atoms with E-state index in [0.29, 0.717) is 0 Å². The summed E-state index contributed by atoms with van der Waals surface area (Å²) in [5, 5.41) is 8.20. The van der Waals surface area contributed by atoms with Gasteiger partial charge in [-0.1, -0.05) is 30.3 Å². The second-order valence-electron chi connectivity index (χ2n) is 4.55. The summed E-state index contributed by atoms with van der Waals surface area (Å²) in [5.41, 5.74) is 1.97. The van der Waals surface area contributed by atoms with Crippen molar-refractivity contribution in [2.24, 2.45) is 0 Å². The number of nitrogens with zero attached hydrogens (tertiary/aromatic N) is 4. The van der Waals surface area contributed by atoms with Gasteiger partial charge in [0.2, 0.25) is 0 Å². The van der Waals surface area contributed by atoms with Crippen molar-refractivity contribution in [3.8, 4) is 11.3 Å². The first-order chi connectivity index (χ1) is 8.95. The van der Waals surface area contributed by atoms with Crippen molar-refractivity contribution in [3.63, 3.8) is 0 Å². The molecular formula is C14H16N4. The maximum Gasteiger partial charge on any atom is 0.158 e. The molecule has 0 atom stereocenters. The molecule has 0 saturated carbocycles. The highest BCUT2D eigenvalue weighted by atomic mass is 15.2. The highest BCUT2D eigenvalue weighted by Gasteiger charge is 2.17. The molecule has 2 aromatic rings. The fourth-order valence-corrected chi connectivity index (χ4v) is 2.39. The first kappa shape index (κ1) is 11.1. The first-order valence-corrected chi connectivity index (χ1v) is 6.43. The number of rotatable bonds is 2. The summed E-state index contributed by atoms with van der Waals surface area (Å²) in [6.07, 6.45) is 5.32. The van der Waals surface area contributed by atoms with Crippen molar-refractivity contribution in [3.05, 3.63) is 36.7 Å². The van der Waals surface area contributed by atoms with Gasteiger partial charge >= 0.3 is 0 Å². The number of piperidine rings is 1. The van der Waals surface area contributed by atoms with Crippen LogP contribution in [0, 0.1) is 0 Å². The minimum absolute atomic E-state index is 0.889. The van der Waals surface area contributed by atoms with Crippen LogP contribution in [-0.4, -0.2) is 28.3 Å². The standard InChI is InChI=1S/C14H16N4/c1-3-7-12(8-4-1)13-14(15-11-16-17-13)18-9-5-2-6-10-18/h1,3-4,7-8,11H,2,5-6,9-10H2. The third-order valence-electron chi connectivity index (χ3n) is 3.30. The summed E-state index contributed by atoms with van der Waals surface area (Å²) < 4.78 is 0. The monoisotopic (exact) mass is 240 g/mol. The summed E-state index contributed by atoms with van der Waals surface area (Å²) >= 11 is 0. The third kappa shape index (κ3) is 2.18. The van der Waals surface area contributed by atoms with Crippen molar-refractivity contribution >= 4 is 5.82 Å². The van der Waals surface area contributed by atoms with Crippen molar-refractivity contribution in [2.75, 3.05) is 18.0 Å². The predicted octanol–water partition coefficient (Wildman–Crippen LogP) is 2.53. The van der Waals surface area contributed by atoms with Gasteiger partial charge in [-0.25, -0.2) is 4.98 Å². The molecule has 1 fully saturated rings. The van der Waals surface area contributed by atoms with Crippen LogP contribution in [0.5, 0.6) is 0 Å². The molecule has 4 heteroatoms. The summed E-state index contributed by atoms with van der Waals surface area (Å²) in [5.74, 6) is 0.968. The van der Waals surface area contributed by atoms with Crippen LogP contribution < -0.4 is 4.90 Å². The van der Waals surface area contributed by atoms with E-state index in [0.717, 1.165) is 30.2 Å². The van der Waals surface area contributed by atoms with Crippen LogP contribution in [0.2, 0.25) is 0 Å². The van der Waals surface area contributed by atoms with E-state index in [4.69, 9.17) is 0 Å². The molecule has 1 aliphatic heterocycles. The number of hydrogen-bond donors (Lipinski definition) is 0. The lowest BCUT2D eigenvalue weighted by atomic mass is 10.1. The number of hydrogen-bond acceptors (Lipinski definition) is 4. The van der Waals surface area contributed by atoms with E-state index in [1.165, 1.54) is 25.6 Å². The molecule has 2 heterocycles. The van der Waals surface area contributed by atoms with E-state index in [9.17, 15) is 0 Å². The minimum atomic E-state index is 0.889. The second kappa shape index (κ2) is 5.12. The number of aromatic nitrogens is 3. The molecule has 0 radical (unpaired) electrons. The molecular weight excluding hydrogens is 224 g/mol. The maximum absolute atomic E-state index is 4.43. The smallest absolute Gasteiger partial charge is 0.158 e. The Morgan fingerprint density at radius 2 is 1.72 bits per heavy atom. The largest absolute Gasteiger partial charge is 0.355 e. The van der Waals surface area contributed by atoms with Crippen molar-refractivity contribution in [1.82, 2.24) is 15.2 Å². The molecule has 3 rings (SSSR count). The fourth-order valence-electron chi connectivity index (χ4n) is 2.39. The van der Waals surface area contributed by atoms with Gasteiger partial charge in [-0.15, -0.1) is 10.2 Å². The lowest BCUT2D eigenvalue weighted by Gasteiger charge is -2.28. The third-order valence-corrected chi connectivity index (χ3v) is 3.30. The predicted molar refractivity (Wildman–Crippen MR) is 71.3 cm³/mol. The summed E-state index contributed by atoms with van der Waals surface area (Å²) in [4.78, 5) is 6.75. The normalized spacial score (nSPS) is 15.7. The zero-order valence-corrected chi connectivity index (χ0v) is 10.3. The van der Waals surface area contributed by atoms with Crippen LogP contribution in [0.3, 0.4) is 0 Å². The molecule has 0 aliphatic carbocycles. The van der Waals surface area contributed by atoms with Gasteiger partial charge in [0.05, 0.1) is 0 Å². The molecule has 0 bridgehead atoms. The van der Waals surface area contributed by atoms with Crippen LogP contribution in [0.15, 0.2) is 36.7 Å². The summed E-state index contributed by atoms with van der Waals surface area (Å²) in [6, 6.07) is 10.2. The van der Waals surface area contributed by atoms with E-state index < -0.39 is 0 Å². The van der Waals surface area contributed by atoms with Crippen molar-refractivity contribution < 1.29 is 0 Å². The Bertz CT molecular complexity index is 506. The van der Waals surface area contributed by atoms with Crippen LogP contribution >= 0.6 is 0 Å². The number of benzene rings is 1. The molecule has 0 unspecified atom stereocenters. The SMILES string of the molecule is c1ccc(-c2nncnc2N2CCCCC2)cc1. The van der Waals surface area contributed by atoms with E-state index in [2.05, 4.69) is 32.2 Å². The zero-order chi connectivity index (χ0) is 12.2. The van der Waals surface area contributed by atoms with Gasteiger partial charge < -0.3 is 4.90 Å². The highest BCUT2D eigenvalue weighted by Crippen LogP contribution is 2.27. The van der Waals surface area contributed by atoms with Crippen LogP contribution in [0.4, 0.5) is 5.82 Å². The quantitative estimate of drug-likeness (QED) is 0.809. The van der Waals surface area contributed by atoms with Gasteiger partial charge in [-0.2, -0.15) is 0 Å². The Morgan fingerprint density at radius 3 is 2.50 bits per heavy atom. The molecule has 92 valence electrons. The van der Waals surface area contributed by atoms with Crippen molar-refractivity contribution in [1.29, 1.82) is 0 Å². The van der Waals surface area contributed by atoms with E-state index in [-0.39, 0.29) is 0 Å². The Morgan fingerprint density at radius 1 is 0.944 bits per heavy atom. The number of anilines is 1. The average molecular weight is 240 g/mol. The molecule has 18 heavy (non-hydrogen) atoms. The topological polar surface area (TPSA) is 41.9 Å². The van der Waals surface area contributed by atoms with Crippen LogP contribution in [0.25, 0.3) is 11.3 Å². The van der Waals surface area contributed by atoms with Crippen molar-refractivity contribution in [2.45, 2.75) is 19.3 Å². The maximum atomic E-state index is 4.43. The highest BCUT2D eigenvalue weighted by molar-refractivity contribution is 5.71. The Balaban J connectivity index is 1.99. The first-order valence-electron chi connectivity index (χ1n) is 6.43. The Labute approximate surface area is 107 Å². The molecule has 1 saturated heterocycles.